The van der Waals surface area contributed by atoms with Crippen molar-refractivity contribution < 1.29 is 9.90 Å². The number of rotatable bonds is 5. The molecule has 0 saturated heterocycles. The molecule has 1 aromatic carbocycles. The largest absolute Gasteiger partial charge is 0.481 e. The normalized spacial score (nSPS) is 14.2. The van der Waals surface area contributed by atoms with Gasteiger partial charge in [0.25, 0.3) is 0 Å². The second kappa shape index (κ2) is 7.62. The van der Waals surface area contributed by atoms with Crippen LogP contribution in [0.2, 0.25) is 0 Å². The van der Waals surface area contributed by atoms with Crippen LogP contribution < -0.4 is 0 Å². The maximum absolute atomic E-state index is 12.3. The molecule has 0 radical (unpaired) electrons. The summed E-state index contributed by atoms with van der Waals surface area (Å²) in [7, 11) is 0. The highest BCUT2D eigenvalue weighted by molar-refractivity contribution is 5.82. The van der Waals surface area contributed by atoms with E-state index in [1.54, 1.807) is 0 Å². The van der Waals surface area contributed by atoms with Crippen LogP contribution in [0, 0.1) is 19.8 Å². The number of carbonyl (C=O) groups is 1. The average Bonchev–Trinajstić information content (AvgIpc) is 3.06. The number of carboxylic acid groups (broad SMARTS) is 1. The van der Waals surface area contributed by atoms with Crippen LogP contribution in [0.15, 0.2) is 30.3 Å². The van der Waals surface area contributed by atoms with Crippen molar-refractivity contribution in [2.24, 2.45) is 5.92 Å². The Morgan fingerprint density at radius 3 is 2.31 bits per heavy atom. The van der Waals surface area contributed by atoms with Crippen molar-refractivity contribution in [3.8, 4) is 11.3 Å². The number of nitrogens with zero attached hydrogens (tertiary/aromatic N) is 3. The minimum Gasteiger partial charge on any atom is -0.481 e. The Bertz CT molecular complexity index is 1040. The molecule has 0 spiro atoms. The molecule has 2 atom stereocenters. The summed E-state index contributed by atoms with van der Waals surface area (Å²) in [6.45, 7) is 14.3. The van der Waals surface area contributed by atoms with Crippen LogP contribution in [-0.2, 0) is 10.2 Å². The summed E-state index contributed by atoms with van der Waals surface area (Å²) in [4.78, 5) is 17.1. The number of aliphatic carboxylic acids is 1. The molecule has 0 fully saturated rings. The fraction of sp³-hybridized carbons (Fsp3) is 0.458. The summed E-state index contributed by atoms with van der Waals surface area (Å²) in [5.74, 6) is -1.48. The van der Waals surface area contributed by atoms with Gasteiger partial charge in [-0.05, 0) is 19.8 Å². The Labute approximate surface area is 172 Å². The van der Waals surface area contributed by atoms with Gasteiger partial charge in [-0.3, -0.25) is 4.79 Å². The first-order valence-electron chi connectivity index (χ1n) is 10.2. The highest BCUT2D eigenvalue weighted by atomic mass is 16.4. The van der Waals surface area contributed by atoms with E-state index in [0.717, 1.165) is 45.8 Å². The van der Waals surface area contributed by atoms with Gasteiger partial charge in [-0.1, -0.05) is 70.9 Å². The van der Waals surface area contributed by atoms with Crippen molar-refractivity contribution in [1.82, 2.24) is 14.6 Å². The van der Waals surface area contributed by atoms with E-state index >= 15 is 0 Å². The molecule has 3 rings (SSSR count). The lowest BCUT2D eigenvalue weighted by molar-refractivity contribution is -0.140. The number of hydrogen-bond donors (Lipinski definition) is 1. The third kappa shape index (κ3) is 3.91. The molecule has 2 unspecified atom stereocenters. The Balaban J connectivity index is 2.43. The van der Waals surface area contributed by atoms with Gasteiger partial charge in [0.05, 0.1) is 17.3 Å². The molecule has 2 heterocycles. The number of fused-ring (bicyclic) bond motifs is 1. The first-order valence-corrected chi connectivity index (χ1v) is 10.2. The van der Waals surface area contributed by atoms with Gasteiger partial charge in [0.1, 0.15) is 0 Å². The van der Waals surface area contributed by atoms with Gasteiger partial charge in [0.15, 0.2) is 5.65 Å². The van der Waals surface area contributed by atoms with E-state index in [4.69, 9.17) is 10.1 Å². The van der Waals surface area contributed by atoms with Crippen LogP contribution >= 0.6 is 0 Å². The molecular weight excluding hydrogens is 362 g/mol. The summed E-state index contributed by atoms with van der Waals surface area (Å²) in [6.07, 6.45) is 0.772. The third-order valence-corrected chi connectivity index (χ3v) is 5.71. The van der Waals surface area contributed by atoms with Gasteiger partial charge in [0.2, 0.25) is 0 Å². The molecule has 0 aliphatic rings. The second-order valence-corrected chi connectivity index (χ2v) is 9.08. The Morgan fingerprint density at radius 2 is 1.79 bits per heavy atom. The van der Waals surface area contributed by atoms with Gasteiger partial charge in [-0.15, -0.1) is 0 Å². The van der Waals surface area contributed by atoms with Crippen LogP contribution in [-0.4, -0.2) is 25.7 Å². The van der Waals surface area contributed by atoms with Crippen molar-refractivity contribution in [2.75, 3.05) is 0 Å². The Kier molecular flexibility index (Phi) is 5.52. The topological polar surface area (TPSA) is 67.5 Å². The monoisotopic (exact) mass is 393 g/mol. The first-order chi connectivity index (χ1) is 13.5. The molecule has 3 aromatic rings. The minimum absolute atomic E-state index is 0.0210. The third-order valence-electron chi connectivity index (χ3n) is 5.71. The molecule has 0 aliphatic heterocycles. The SMILES string of the molecule is CCC(C)C(C(=O)O)c1c(C)nc2cc(C(C)(C)C)nn2c1-c1ccc(C)cc1. The lowest BCUT2D eigenvalue weighted by atomic mass is 9.82. The zero-order chi connectivity index (χ0) is 21.5. The van der Waals surface area contributed by atoms with E-state index < -0.39 is 11.9 Å². The van der Waals surface area contributed by atoms with Crippen molar-refractivity contribution in [3.63, 3.8) is 0 Å². The molecule has 5 heteroatoms. The van der Waals surface area contributed by atoms with Crippen LogP contribution in [0.1, 0.15) is 69.5 Å². The van der Waals surface area contributed by atoms with E-state index in [1.807, 2.05) is 62.5 Å². The van der Waals surface area contributed by atoms with Crippen LogP contribution in [0.25, 0.3) is 16.9 Å². The summed E-state index contributed by atoms with van der Waals surface area (Å²) < 4.78 is 1.84. The Morgan fingerprint density at radius 1 is 1.17 bits per heavy atom. The zero-order valence-electron chi connectivity index (χ0n) is 18.4. The summed E-state index contributed by atoms with van der Waals surface area (Å²) in [5, 5.41) is 15.0. The molecule has 5 nitrogen and oxygen atoms in total. The van der Waals surface area contributed by atoms with Crippen molar-refractivity contribution >= 4 is 11.6 Å². The number of aryl methyl sites for hydroxylation is 2. The van der Waals surface area contributed by atoms with Crippen molar-refractivity contribution in [3.05, 3.63) is 52.8 Å². The molecule has 0 bridgehead atoms. The number of hydrogen-bond acceptors (Lipinski definition) is 3. The fourth-order valence-corrected chi connectivity index (χ4v) is 3.75. The molecule has 2 aromatic heterocycles. The van der Waals surface area contributed by atoms with Gasteiger partial charge in [-0.25, -0.2) is 9.50 Å². The molecule has 29 heavy (non-hydrogen) atoms. The minimum atomic E-state index is -0.819. The molecule has 154 valence electrons. The molecule has 0 aliphatic carbocycles. The van der Waals surface area contributed by atoms with Crippen molar-refractivity contribution in [2.45, 2.75) is 66.2 Å². The Hall–Kier alpha value is -2.69. The number of benzene rings is 1. The van der Waals surface area contributed by atoms with E-state index in [2.05, 4.69) is 20.8 Å². The summed E-state index contributed by atoms with van der Waals surface area (Å²) in [6, 6.07) is 10.2. The quantitative estimate of drug-likeness (QED) is 0.619. The van der Waals surface area contributed by atoms with E-state index in [0.29, 0.717) is 0 Å². The summed E-state index contributed by atoms with van der Waals surface area (Å²) in [5.41, 5.74) is 6.01. The van der Waals surface area contributed by atoms with E-state index in [-0.39, 0.29) is 11.3 Å². The van der Waals surface area contributed by atoms with E-state index in [9.17, 15) is 9.90 Å². The summed E-state index contributed by atoms with van der Waals surface area (Å²) >= 11 is 0. The molecule has 0 amide bonds. The smallest absolute Gasteiger partial charge is 0.311 e. The highest BCUT2D eigenvalue weighted by Crippen LogP contribution is 2.38. The zero-order valence-corrected chi connectivity index (χ0v) is 18.4. The van der Waals surface area contributed by atoms with E-state index in [1.165, 1.54) is 0 Å². The molecule has 1 N–H and O–H groups in total. The van der Waals surface area contributed by atoms with Crippen LogP contribution in [0.3, 0.4) is 0 Å². The highest BCUT2D eigenvalue weighted by Gasteiger charge is 2.32. The van der Waals surface area contributed by atoms with Crippen LogP contribution in [0.5, 0.6) is 0 Å². The fourth-order valence-electron chi connectivity index (χ4n) is 3.75. The molecule has 0 saturated carbocycles. The van der Waals surface area contributed by atoms with Gasteiger partial charge < -0.3 is 5.11 Å². The van der Waals surface area contributed by atoms with Crippen LogP contribution in [0.4, 0.5) is 0 Å². The second-order valence-electron chi connectivity index (χ2n) is 9.08. The van der Waals surface area contributed by atoms with Gasteiger partial charge >= 0.3 is 5.97 Å². The lowest BCUT2D eigenvalue weighted by Crippen LogP contribution is -2.23. The first kappa shape index (κ1) is 21.0. The maximum Gasteiger partial charge on any atom is 0.311 e. The maximum atomic E-state index is 12.3. The average molecular weight is 394 g/mol. The lowest BCUT2D eigenvalue weighted by Gasteiger charge is -2.24. The predicted octanol–water partition coefficient (Wildman–Crippen LogP) is 5.52. The molecular formula is C24H31N3O2. The number of aromatic nitrogens is 3. The predicted molar refractivity (Wildman–Crippen MR) is 116 cm³/mol. The number of carboxylic acids is 1. The van der Waals surface area contributed by atoms with Gasteiger partial charge in [0, 0.05) is 28.3 Å². The van der Waals surface area contributed by atoms with Gasteiger partial charge in [-0.2, -0.15) is 5.10 Å². The standard InChI is InChI=1S/C24H31N3O2/c1-8-15(3)20(23(28)29)21-16(4)25-19-13-18(24(5,6)7)26-27(19)22(21)17-11-9-14(2)10-12-17/h9-13,15,20H,8H2,1-7H3,(H,28,29). The van der Waals surface area contributed by atoms with Crippen molar-refractivity contribution in [1.29, 1.82) is 0 Å².